The molecule has 0 amide bonds. The van der Waals surface area contributed by atoms with Crippen molar-refractivity contribution in [3.63, 3.8) is 0 Å². The number of esters is 2. The van der Waals surface area contributed by atoms with E-state index >= 15 is 0 Å². The number of aliphatic hydroxyl groups excluding tert-OH is 6. The van der Waals surface area contributed by atoms with Gasteiger partial charge in [0.15, 0.2) is 12.6 Å². The summed E-state index contributed by atoms with van der Waals surface area (Å²) in [7, 11) is 0. The molecule has 2 rings (SSSR count). The first kappa shape index (κ1) is 39.8. The first-order valence-electron chi connectivity index (χ1n) is 17.0. The van der Waals surface area contributed by atoms with E-state index in [1.165, 1.54) is 25.7 Å². The molecule has 2 aliphatic rings. The SMILES string of the molecule is CCCCCCCCCC(=O)OC[C@H]1O[C@H](O[C@H]2O[C@H](COC(=O)CCCCCCCCC)[C@@H](O)[C@H](O)[C@H]2O)[C@H](O)[C@@H](O)[C@@H]1O. The number of carbonyl (C=O) groups excluding carboxylic acids is 2. The van der Waals surface area contributed by atoms with Gasteiger partial charge in [0, 0.05) is 12.8 Å². The molecule has 2 fully saturated rings. The average Bonchev–Trinajstić information content (AvgIpc) is 3.03. The predicted molar refractivity (Wildman–Crippen MR) is 162 cm³/mol. The molecule has 0 aliphatic carbocycles. The van der Waals surface area contributed by atoms with Crippen LogP contribution in [0.25, 0.3) is 0 Å². The van der Waals surface area contributed by atoms with Crippen molar-refractivity contribution in [2.45, 2.75) is 178 Å². The second-order valence-corrected chi connectivity index (χ2v) is 12.3. The van der Waals surface area contributed by atoms with Crippen molar-refractivity contribution in [3.05, 3.63) is 0 Å². The number of carbonyl (C=O) groups is 2. The minimum Gasteiger partial charge on any atom is -0.463 e. The van der Waals surface area contributed by atoms with Crippen LogP contribution in [-0.4, -0.2) is 117 Å². The fourth-order valence-corrected chi connectivity index (χ4v) is 5.41. The van der Waals surface area contributed by atoms with Crippen LogP contribution in [0.3, 0.4) is 0 Å². The molecule has 0 unspecified atom stereocenters. The number of hydrogen-bond donors (Lipinski definition) is 6. The van der Waals surface area contributed by atoms with Crippen LogP contribution < -0.4 is 0 Å². The Bertz CT molecular complexity index is 750. The van der Waals surface area contributed by atoms with E-state index in [0.29, 0.717) is 12.8 Å². The summed E-state index contributed by atoms with van der Waals surface area (Å²) in [5.41, 5.74) is 0. The molecule has 0 spiro atoms. The maximum Gasteiger partial charge on any atom is 0.305 e. The number of hydrogen-bond acceptors (Lipinski definition) is 13. The van der Waals surface area contributed by atoms with Gasteiger partial charge >= 0.3 is 11.9 Å². The smallest absolute Gasteiger partial charge is 0.305 e. The molecular formula is C32H58O13. The van der Waals surface area contributed by atoms with Gasteiger partial charge in [-0.1, -0.05) is 90.9 Å². The van der Waals surface area contributed by atoms with Crippen LogP contribution in [0.5, 0.6) is 0 Å². The minimum atomic E-state index is -1.79. The molecule has 2 aliphatic heterocycles. The molecule has 13 nitrogen and oxygen atoms in total. The predicted octanol–water partition coefficient (Wildman–Crippen LogP) is 1.99. The van der Waals surface area contributed by atoms with Crippen LogP contribution in [0.4, 0.5) is 0 Å². The maximum absolute atomic E-state index is 12.2. The molecule has 10 atom stereocenters. The van der Waals surface area contributed by atoms with Crippen LogP contribution >= 0.6 is 0 Å². The van der Waals surface area contributed by atoms with Gasteiger partial charge in [-0.2, -0.15) is 0 Å². The zero-order chi connectivity index (χ0) is 33.2. The Morgan fingerprint density at radius 3 is 1.18 bits per heavy atom. The molecule has 0 aromatic rings. The highest BCUT2D eigenvalue weighted by Gasteiger charge is 2.50. The van der Waals surface area contributed by atoms with Gasteiger partial charge in [-0.15, -0.1) is 0 Å². The summed E-state index contributed by atoms with van der Waals surface area (Å²) in [5, 5.41) is 62.5. The lowest BCUT2D eigenvalue weighted by Gasteiger charge is -2.44. The quantitative estimate of drug-likeness (QED) is 0.0734. The molecule has 0 aromatic carbocycles. The van der Waals surface area contributed by atoms with Gasteiger partial charge in [-0.25, -0.2) is 0 Å². The normalized spacial score (nSPS) is 31.9. The second-order valence-electron chi connectivity index (χ2n) is 12.3. The Morgan fingerprint density at radius 2 is 0.822 bits per heavy atom. The molecule has 0 radical (unpaired) electrons. The van der Waals surface area contributed by atoms with Crippen LogP contribution in [0, 0.1) is 0 Å². The zero-order valence-corrected chi connectivity index (χ0v) is 27.0. The Morgan fingerprint density at radius 1 is 0.489 bits per heavy atom. The highest BCUT2D eigenvalue weighted by Crippen LogP contribution is 2.28. The number of ether oxygens (including phenoxy) is 5. The van der Waals surface area contributed by atoms with Crippen LogP contribution in [0.1, 0.15) is 117 Å². The van der Waals surface area contributed by atoms with E-state index in [9.17, 15) is 40.2 Å². The van der Waals surface area contributed by atoms with Gasteiger partial charge < -0.3 is 54.3 Å². The van der Waals surface area contributed by atoms with E-state index in [-0.39, 0.29) is 12.8 Å². The summed E-state index contributed by atoms with van der Waals surface area (Å²) in [6.45, 7) is 3.45. The van der Waals surface area contributed by atoms with Gasteiger partial charge in [0.25, 0.3) is 0 Å². The molecule has 13 heteroatoms. The zero-order valence-electron chi connectivity index (χ0n) is 27.0. The lowest BCUT2D eigenvalue weighted by Crippen LogP contribution is -2.64. The first-order valence-corrected chi connectivity index (χ1v) is 17.0. The van der Waals surface area contributed by atoms with Gasteiger partial charge in [0.05, 0.1) is 0 Å². The monoisotopic (exact) mass is 650 g/mol. The fraction of sp³-hybridized carbons (Fsp3) is 0.938. The van der Waals surface area contributed by atoms with E-state index in [4.69, 9.17) is 23.7 Å². The molecule has 6 N–H and O–H groups in total. The topological polar surface area (TPSA) is 202 Å². The van der Waals surface area contributed by atoms with Crippen LogP contribution in [-0.2, 0) is 33.3 Å². The van der Waals surface area contributed by atoms with Crippen molar-refractivity contribution in [1.82, 2.24) is 0 Å². The van der Waals surface area contributed by atoms with E-state index in [2.05, 4.69) is 13.8 Å². The average molecular weight is 651 g/mol. The van der Waals surface area contributed by atoms with Crippen molar-refractivity contribution < 1.29 is 63.9 Å². The van der Waals surface area contributed by atoms with Crippen molar-refractivity contribution in [1.29, 1.82) is 0 Å². The number of rotatable bonds is 22. The van der Waals surface area contributed by atoms with E-state index < -0.39 is 86.6 Å². The lowest BCUT2D eigenvalue weighted by atomic mass is 9.98. The lowest BCUT2D eigenvalue weighted by molar-refractivity contribution is -0.376. The van der Waals surface area contributed by atoms with Crippen molar-refractivity contribution in [2.75, 3.05) is 13.2 Å². The van der Waals surface area contributed by atoms with Gasteiger partial charge in [0.1, 0.15) is 62.0 Å². The summed E-state index contributed by atoms with van der Waals surface area (Å²) < 4.78 is 27.1. The van der Waals surface area contributed by atoms with Crippen LogP contribution in [0.2, 0.25) is 0 Å². The molecule has 0 saturated carbocycles. The van der Waals surface area contributed by atoms with E-state index in [1.54, 1.807) is 0 Å². The standard InChI is InChI=1S/C32H58O13/c1-3-5-7-9-11-13-15-17-23(33)41-19-21-25(35)27(37)29(39)31(43-21)45-32-30(40)28(38)26(36)22(44-32)20-42-24(34)18-16-14-12-10-8-6-4-2/h21-22,25-32,35-40H,3-20H2,1-2H3/t21-,22-,25-,26-,27+,28+,29-,30-,31-,32-/m1/s1. The summed E-state index contributed by atoms with van der Waals surface area (Å²) in [6.07, 6.45) is -1.36. The second kappa shape index (κ2) is 22.2. The summed E-state index contributed by atoms with van der Waals surface area (Å²) in [4.78, 5) is 24.4. The first-order chi connectivity index (χ1) is 21.6. The molecule has 45 heavy (non-hydrogen) atoms. The van der Waals surface area contributed by atoms with Crippen molar-refractivity contribution in [3.8, 4) is 0 Å². The minimum absolute atomic E-state index is 0.190. The molecular weight excluding hydrogens is 592 g/mol. The van der Waals surface area contributed by atoms with Crippen molar-refractivity contribution >= 4 is 11.9 Å². The Hall–Kier alpha value is -1.42. The molecule has 264 valence electrons. The summed E-state index contributed by atoms with van der Waals surface area (Å²) in [6, 6.07) is 0. The third-order valence-electron chi connectivity index (χ3n) is 8.39. The number of unbranched alkanes of at least 4 members (excludes halogenated alkanes) is 12. The highest BCUT2D eigenvalue weighted by molar-refractivity contribution is 5.69. The van der Waals surface area contributed by atoms with Gasteiger partial charge in [-0.05, 0) is 12.8 Å². The largest absolute Gasteiger partial charge is 0.463 e. The molecule has 2 saturated heterocycles. The third kappa shape index (κ3) is 14.1. The van der Waals surface area contributed by atoms with E-state index in [1.807, 2.05) is 0 Å². The molecule has 0 aromatic heterocycles. The van der Waals surface area contributed by atoms with E-state index in [0.717, 1.165) is 51.4 Å². The van der Waals surface area contributed by atoms with Crippen LogP contribution in [0.15, 0.2) is 0 Å². The Balaban J connectivity index is 1.82. The molecule has 2 heterocycles. The fourth-order valence-electron chi connectivity index (χ4n) is 5.41. The Kier molecular flexibility index (Phi) is 19.6. The molecule has 0 bridgehead atoms. The van der Waals surface area contributed by atoms with Crippen molar-refractivity contribution in [2.24, 2.45) is 0 Å². The number of aliphatic hydroxyl groups is 6. The summed E-state index contributed by atoms with van der Waals surface area (Å²) >= 11 is 0. The van der Waals surface area contributed by atoms with Gasteiger partial charge in [-0.3, -0.25) is 9.59 Å². The maximum atomic E-state index is 12.2. The third-order valence-corrected chi connectivity index (χ3v) is 8.39. The Labute approximate surface area is 267 Å². The van der Waals surface area contributed by atoms with Gasteiger partial charge in [0.2, 0.25) is 0 Å². The summed E-state index contributed by atoms with van der Waals surface area (Å²) in [5.74, 6) is -0.991. The highest BCUT2D eigenvalue weighted by atomic mass is 16.8.